The number of hydrogen-bond donors (Lipinski definition) is 0. The minimum absolute atomic E-state index is 0.441. The van der Waals surface area contributed by atoms with Crippen LogP contribution in [0.2, 0.25) is 0 Å². The Kier molecular flexibility index (Phi) is 7.70. The van der Waals surface area contributed by atoms with Crippen LogP contribution in [0, 0.1) is 0 Å². The zero-order valence-electron chi connectivity index (χ0n) is 28.4. The van der Waals surface area contributed by atoms with Crippen LogP contribution in [0.3, 0.4) is 0 Å². The maximum atomic E-state index is 2.47. The minimum atomic E-state index is 0.441. The van der Waals surface area contributed by atoms with E-state index in [2.05, 4.69) is 163 Å². The van der Waals surface area contributed by atoms with Crippen molar-refractivity contribution in [1.82, 2.24) is 0 Å². The lowest BCUT2D eigenvalue weighted by Gasteiger charge is -2.30. The van der Waals surface area contributed by atoms with Crippen LogP contribution in [0.4, 0.5) is 11.4 Å². The van der Waals surface area contributed by atoms with E-state index >= 15 is 0 Å². The first-order chi connectivity index (χ1) is 25.2. The summed E-state index contributed by atoms with van der Waals surface area (Å²) in [6.07, 6.45) is 23.6. The molecule has 0 saturated heterocycles. The van der Waals surface area contributed by atoms with Crippen molar-refractivity contribution in [3.8, 4) is 11.1 Å². The fraction of sp³-hybridized carbons (Fsp3) is 0.125. The molecule has 0 N–H and O–H groups in total. The number of benzene rings is 5. The van der Waals surface area contributed by atoms with Crippen LogP contribution in [0.15, 0.2) is 157 Å². The smallest absolute Gasteiger partial charge is 0.0458 e. The normalized spacial score (nSPS) is 16.8. The van der Waals surface area contributed by atoms with Gasteiger partial charge in [-0.1, -0.05) is 103 Å². The van der Waals surface area contributed by atoms with Gasteiger partial charge < -0.3 is 4.90 Å². The van der Waals surface area contributed by atoms with E-state index in [1.54, 1.807) is 0 Å². The Bertz CT molecular complexity index is 2600. The summed E-state index contributed by atoms with van der Waals surface area (Å²) in [5.74, 6) is 0.441. The van der Waals surface area contributed by atoms with E-state index in [-0.39, 0.29) is 0 Å². The Morgan fingerprint density at radius 1 is 0.569 bits per heavy atom. The molecule has 7 aromatic rings. The van der Waals surface area contributed by atoms with E-state index in [0.29, 0.717) is 5.92 Å². The molecule has 3 aliphatic carbocycles. The van der Waals surface area contributed by atoms with Gasteiger partial charge in [0.15, 0.2) is 0 Å². The van der Waals surface area contributed by atoms with Gasteiger partial charge in [-0.2, -0.15) is 0 Å². The van der Waals surface area contributed by atoms with E-state index in [0.717, 1.165) is 32.1 Å². The molecule has 246 valence electrons. The van der Waals surface area contributed by atoms with Crippen LogP contribution >= 0.6 is 22.7 Å². The molecule has 1 unspecified atom stereocenters. The van der Waals surface area contributed by atoms with Crippen LogP contribution < -0.4 is 4.90 Å². The van der Waals surface area contributed by atoms with Gasteiger partial charge in [0.25, 0.3) is 0 Å². The van der Waals surface area contributed by atoms with Crippen LogP contribution in [0.1, 0.15) is 53.2 Å². The van der Waals surface area contributed by atoms with Gasteiger partial charge in [-0.25, -0.2) is 0 Å². The van der Waals surface area contributed by atoms with Gasteiger partial charge in [0.1, 0.15) is 0 Å². The summed E-state index contributed by atoms with van der Waals surface area (Å²) < 4.78 is 4.10. The zero-order valence-corrected chi connectivity index (χ0v) is 30.0. The van der Waals surface area contributed by atoms with Crippen LogP contribution in [0.5, 0.6) is 0 Å². The second-order valence-corrected chi connectivity index (χ2v) is 16.1. The second-order valence-electron chi connectivity index (χ2n) is 13.9. The Labute approximate surface area is 307 Å². The number of allylic oxidation sites excluding steroid dienone is 9. The van der Waals surface area contributed by atoms with E-state index in [4.69, 9.17) is 0 Å². The number of aryl methyl sites for hydroxylation is 1. The maximum Gasteiger partial charge on any atom is 0.0458 e. The lowest BCUT2D eigenvalue weighted by molar-refractivity contribution is 0.853. The van der Waals surface area contributed by atoms with Gasteiger partial charge >= 0.3 is 0 Å². The number of nitrogens with zero attached hydrogens (tertiary/aromatic N) is 1. The molecule has 0 bridgehead atoms. The van der Waals surface area contributed by atoms with E-state index < -0.39 is 0 Å². The van der Waals surface area contributed by atoms with Crippen LogP contribution in [-0.2, 0) is 6.42 Å². The highest BCUT2D eigenvalue weighted by Gasteiger charge is 2.20. The fourth-order valence-electron chi connectivity index (χ4n) is 8.12. The highest BCUT2D eigenvalue weighted by Crippen LogP contribution is 2.42. The Morgan fingerprint density at radius 3 is 2.14 bits per heavy atom. The van der Waals surface area contributed by atoms with Crippen LogP contribution in [0.25, 0.3) is 53.0 Å². The first-order valence-electron chi connectivity index (χ1n) is 18.1. The number of fused-ring (bicyclic) bond motifs is 6. The SMILES string of the molecule is C1=CCC(c2ccc(N(C3=CC=C(c4ccc5c6c(sc5c4)C=CCC6)CC3)c3ccc(-c4ccc5c(c4)sc4ccccc45)cc3)cc2)C=C1. The van der Waals surface area contributed by atoms with Crippen molar-refractivity contribution in [3.05, 3.63) is 179 Å². The molecule has 51 heavy (non-hydrogen) atoms. The first kappa shape index (κ1) is 30.6. The molecule has 3 aliphatic rings. The number of thiophene rings is 2. The molecule has 3 heteroatoms. The molecule has 1 atom stereocenters. The molecule has 5 aromatic carbocycles. The third-order valence-corrected chi connectivity index (χ3v) is 13.1. The zero-order chi connectivity index (χ0) is 33.7. The summed E-state index contributed by atoms with van der Waals surface area (Å²) in [6.45, 7) is 0. The van der Waals surface area contributed by atoms with Crippen LogP contribution in [-0.4, -0.2) is 0 Å². The van der Waals surface area contributed by atoms with Gasteiger partial charge in [-0.05, 0) is 125 Å². The van der Waals surface area contributed by atoms with Crippen molar-refractivity contribution in [3.63, 3.8) is 0 Å². The van der Waals surface area contributed by atoms with Crippen molar-refractivity contribution in [2.24, 2.45) is 0 Å². The molecule has 1 nitrogen and oxygen atoms in total. The predicted octanol–water partition coefficient (Wildman–Crippen LogP) is 14.4. The molecule has 0 saturated carbocycles. The van der Waals surface area contributed by atoms with E-state index in [1.807, 2.05) is 22.7 Å². The van der Waals surface area contributed by atoms with Crippen molar-refractivity contribution in [1.29, 1.82) is 0 Å². The Hall–Kier alpha value is -5.22. The summed E-state index contributed by atoms with van der Waals surface area (Å²) in [5, 5.41) is 4.13. The van der Waals surface area contributed by atoms with Crippen molar-refractivity contribution in [2.45, 2.75) is 38.0 Å². The second kappa shape index (κ2) is 12.8. The highest BCUT2D eigenvalue weighted by molar-refractivity contribution is 7.25. The number of hydrogen-bond acceptors (Lipinski definition) is 3. The largest absolute Gasteiger partial charge is 0.314 e. The number of anilines is 2. The topological polar surface area (TPSA) is 3.24 Å². The van der Waals surface area contributed by atoms with Gasteiger partial charge in [-0.15, -0.1) is 22.7 Å². The monoisotopic (exact) mass is 691 g/mol. The van der Waals surface area contributed by atoms with Crippen molar-refractivity contribution >= 4 is 76.0 Å². The van der Waals surface area contributed by atoms with Gasteiger partial charge in [0.2, 0.25) is 0 Å². The molecule has 2 heterocycles. The molecule has 10 rings (SSSR count). The third kappa shape index (κ3) is 5.62. The van der Waals surface area contributed by atoms with Gasteiger partial charge in [0.05, 0.1) is 0 Å². The minimum Gasteiger partial charge on any atom is -0.314 e. The first-order valence-corrected chi connectivity index (χ1v) is 19.8. The summed E-state index contributed by atoms with van der Waals surface area (Å²) in [6, 6.07) is 41.2. The van der Waals surface area contributed by atoms with Crippen molar-refractivity contribution in [2.75, 3.05) is 4.90 Å². The highest BCUT2D eigenvalue weighted by atomic mass is 32.1. The summed E-state index contributed by atoms with van der Waals surface area (Å²) in [4.78, 5) is 3.91. The summed E-state index contributed by atoms with van der Waals surface area (Å²) in [5.41, 5.74) is 11.9. The summed E-state index contributed by atoms with van der Waals surface area (Å²) in [7, 11) is 0. The lowest BCUT2D eigenvalue weighted by atomic mass is 9.92. The lowest BCUT2D eigenvalue weighted by Crippen LogP contribution is -2.18. The molecule has 0 radical (unpaired) electrons. The molecule has 0 aliphatic heterocycles. The maximum absolute atomic E-state index is 2.47. The van der Waals surface area contributed by atoms with Gasteiger partial charge in [0, 0.05) is 52.7 Å². The fourth-order valence-corrected chi connectivity index (χ4v) is 10.5. The average molecular weight is 692 g/mol. The van der Waals surface area contributed by atoms with E-state index in [1.165, 1.54) is 85.6 Å². The molecule has 0 fully saturated rings. The van der Waals surface area contributed by atoms with Gasteiger partial charge in [-0.3, -0.25) is 0 Å². The molecule has 0 spiro atoms. The van der Waals surface area contributed by atoms with Crippen molar-refractivity contribution < 1.29 is 0 Å². The standard InChI is InChI=1S/C48H37NS2/c1-2-8-32(9-3-1)33-14-22-38(23-15-33)49(39-24-16-34(17-25-39)36-20-28-43-41-10-4-6-12-45(41)50-47(43)30-36)40-26-18-35(19-27-40)37-21-29-44-42-11-5-7-13-46(42)51-48(44)31-37/h1-4,6-8,10,12-18,20-26,28-32H,5,9,11,19,27H2. The molecular formula is C48H37NS2. The third-order valence-electron chi connectivity index (χ3n) is 10.8. The quantitative estimate of drug-likeness (QED) is 0.168. The average Bonchev–Trinajstić information content (AvgIpc) is 3.77. The molecule has 0 amide bonds. The van der Waals surface area contributed by atoms with E-state index in [9.17, 15) is 0 Å². The molecule has 2 aromatic heterocycles. The summed E-state index contributed by atoms with van der Waals surface area (Å²) >= 11 is 3.82. The number of rotatable bonds is 6. The Balaban J connectivity index is 0.991. The molecular weight excluding hydrogens is 655 g/mol. The Morgan fingerprint density at radius 2 is 1.31 bits per heavy atom. The predicted molar refractivity (Wildman–Crippen MR) is 223 cm³/mol.